The lowest BCUT2D eigenvalue weighted by Gasteiger charge is -2.24. The Balaban J connectivity index is 1.53. The van der Waals surface area contributed by atoms with E-state index in [4.69, 9.17) is 33.3 Å². The molecule has 0 aromatic heterocycles. The third-order valence-electron chi connectivity index (χ3n) is 5.91. The topological polar surface area (TPSA) is 71.1 Å². The number of halogens is 1. The number of nitrogens with zero attached hydrogens (tertiary/aromatic N) is 2. The largest absolute Gasteiger partial charge is 0.497 e. The van der Waals surface area contributed by atoms with Crippen molar-refractivity contribution in [3.8, 4) is 11.5 Å². The van der Waals surface area contributed by atoms with E-state index in [2.05, 4.69) is 5.32 Å². The first kappa shape index (κ1) is 26.4. The number of thiocarbonyl (C=S) groups is 1. The molecule has 1 heterocycles. The molecule has 0 aliphatic carbocycles. The number of rotatable bonds is 10. The lowest BCUT2D eigenvalue weighted by atomic mass is 10.1. The zero-order valence-electron chi connectivity index (χ0n) is 20.6. The number of nitrogens with one attached hydrogen (secondary N) is 1. The highest BCUT2D eigenvalue weighted by molar-refractivity contribution is 7.80. The lowest BCUT2D eigenvalue weighted by Crippen LogP contribution is -2.37. The summed E-state index contributed by atoms with van der Waals surface area (Å²) in [6, 6.07) is 20.8. The molecule has 37 heavy (non-hydrogen) atoms. The summed E-state index contributed by atoms with van der Waals surface area (Å²) in [7, 11) is 1.60. The number of amides is 2. The maximum atomic E-state index is 13.6. The molecule has 4 rings (SSSR count). The molecule has 192 valence electrons. The molecule has 0 bridgehead atoms. The van der Waals surface area contributed by atoms with E-state index in [0.29, 0.717) is 34.7 Å². The van der Waals surface area contributed by atoms with E-state index in [1.807, 2.05) is 31.2 Å². The Labute approximate surface area is 226 Å². The number of benzene rings is 3. The van der Waals surface area contributed by atoms with Gasteiger partial charge in [-0.2, -0.15) is 0 Å². The fraction of sp³-hybridized carbons (Fsp3) is 0.250. The van der Waals surface area contributed by atoms with Crippen LogP contribution in [0.15, 0.2) is 72.8 Å². The van der Waals surface area contributed by atoms with Crippen molar-refractivity contribution >= 4 is 52.1 Å². The Kier molecular flexibility index (Phi) is 8.63. The minimum Gasteiger partial charge on any atom is -0.497 e. The molecule has 3 aromatic carbocycles. The second-order valence-corrected chi connectivity index (χ2v) is 9.35. The number of ether oxygens (including phenoxy) is 2. The molecule has 3 aromatic rings. The zero-order chi connectivity index (χ0) is 26.4. The van der Waals surface area contributed by atoms with Gasteiger partial charge in [0.05, 0.1) is 25.8 Å². The van der Waals surface area contributed by atoms with Crippen molar-refractivity contribution in [3.05, 3.63) is 83.4 Å². The Morgan fingerprint density at radius 1 is 1.00 bits per heavy atom. The van der Waals surface area contributed by atoms with Crippen molar-refractivity contribution < 1.29 is 19.1 Å². The number of carbonyl (C=O) groups is 2. The van der Waals surface area contributed by atoms with Gasteiger partial charge in [0.1, 0.15) is 17.5 Å². The first-order valence-electron chi connectivity index (χ1n) is 12.0. The van der Waals surface area contributed by atoms with Gasteiger partial charge in [-0.15, -0.1) is 0 Å². The summed E-state index contributed by atoms with van der Waals surface area (Å²) in [5.74, 6) is 0.912. The standard InChI is InChI=1S/C28H28ClN3O4S/c1-3-16-36-24-14-8-21(9-15-24)30-26(33)17-25-27(34)32(22-10-6-20(29)7-11-22)28(37)31(25)18-19-4-12-23(35-2)13-5-19/h4-15,25H,3,16-18H2,1-2H3,(H,30,33)/t25-/m0/s1. The third-order valence-corrected chi connectivity index (χ3v) is 6.57. The van der Waals surface area contributed by atoms with E-state index < -0.39 is 6.04 Å². The zero-order valence-corrected chi connectivity index (χ0v) is 22.2. The van der Waals surface area contributed by atoms with Gasteiger partial charge in [0, 0.05) is 17.3 Å². The molecule has 0 unspecified atom stereocenters. The van der Waals surface area contributed by atoms with Gasteiger partial charge < -0.3 is 19.7 Å². The van der Waals surface area contributed by atoms with E-state index in [1.54, 1.807) is 60.5 Å². The Morgan fingerprint density at radius 2 is 1.65 bits per heavy atom. The van der Waals surface area contributed by atoms with Crippen LogP contribution in [-0.2, 0) is 16.1 Å². The lowest BCUT2D eigenvalue weighted by molar-refractivity contribution is -0.124. The van der Waals surface area contributed by atoms with Gasteiger partial charge in [0.25, 0.3) is 5.91 Å². The smallest absolute Gasteiger partial charge is 0.256 e. The molecule has 1 atom stereocenters. The van der Waals surface area contributed by atoms with Gasteiger partial charge in [0.2, 0.25) is 5.91 Å². The van der Waals surface area contributed by atoms with Crippen molar-refractivity contribution in [2.24, 2.45) is 0 Å². The van der Waals surface area contributed by atoms with Crippen LogP contribution < -0.4 is 19.7 Å². The van der Waals surface area contributed by atoms with Crippen molar-refractivity contribution in [1.82, 2.24) is 4.90 Å². The predicted molar refractivity (Wildman–Crippen MR) is 149 cm³/mol. The highest BCUT2D eigenvalue weighted by Gasteiger charge is 2.44. The van der Waals surface area contributed by atoms with Gasteiger partial charge in [-0.25, -0.2) is 0 Å². The summed E-state index contributed by atoms with van der Waals surface area (Å²) in [6.45, 7) is 3.03. The Bertz CT molecular complexity index is 1250. The average Bonchev–Trinajstić information content (AvgIpc) is 3.13. The Morgan fingerprint density at radius 3 is 2.27 bits per heavy atom. The minimum absolute atomic E-state index is 0.0622. The number of methoxy groups -OCH3 is 1. The summed E-state index contributed by atoms with van der Waals surface area (Å²) in [5.41, 5.74) is 2.16. The van der Waals surface area contributed by atoms with Crippen LogP contribution in [-0.4, -0.2) is 41.6 Å². The second kappa shape index (κ2) is 12.1. The molecule has 1 saturated heterocycles. The SMILES string of the molecule is CCCOc1ccc(NC(=O)C[C@H]2C(=O)N(c3ccc(Cl)cc3)C(=S)N2Cc2ccc(OC)cc2)cc1. The molecule has 0 radical (unpaired) electrons. The van der Waals surface area contributed by atoms with E-state index >= 15 is 0 Å². The van der Waals surface area contributed by atoms with Crippen LogP contribution in [0.25, 0.3) is 0 Å². The normalized spacial score (nSPS) is 15.2. The summed E-state index contributed by atoms with van der Waals surface area (Å²) in [4.78, 5) is 29.9. The molecule has 0 spiro atoms. The van der Waals surface area contributed by atoms with Gasteiger partial charge in [0.15, 0.2) is 5.11 Å². The van der Waals surface area contributed by atoms with E-state index in [-0.39, 0.29) is 18.2 Å². The minimum atomic E-state index is -0.766. The van der Waals surface area contributed by atoms with Crippen LogP contribution in [0, 0.1) is 0 Å². The summed E-state index contributed by atoms with van der Waals surface area (Å²) >= 11 is 11.8. The second-order valence-electron chi connectivity index (χ2n) is 8.55. The highest BCUT2D eigenvalue weighted by Crippen LogP contribution is 2.30. The van der Waals surface area contributed by atoms with Gasteiger partial charge in [-0.3, -0.25) is 14.5 Å². The van der Waals surface area contributed by atoms with Crippen molar-refractivity contribution in [3.63, 3.8) is 0 Å². The monoisotopic (exact) mass is 537 g/mol. The summed E-state index contributed by atoms with van der Waals surface area (Å²) in [6.07, 6.45) is 0.850. The summed E-state index contributed by atoms with van der Waals surface area (Å²) in [5, 5.41) is 3.77. The number of anilines is 2. The molecule has 0 saturated carbocycles. The van der Waals surface area contributed by atoms with Crippen molar-refractivity contribution in [1.29, 1.82) is 0 Å². The fourth-order valence-corrected chi connectivity index (χ4v) is 4.52. The molecule has 1 N–H and O–H groups in total. The van der Waals surface area contributed by atoms with Gasteiger partial charge in [-0.05, 0) is 84.9 Å². The van der Waals surface area contributed by atoms with Crippen LogP contribution in [0.5, 0.6) is 11.5 Å². The van der Waals surface area contributed by atoms with Gasteiger partial charge >= 0.3 is 0 Å². The summed E-state index contributed by atoms with van der Waals surface area (Å²) < 4.78 is 10.8. The molecule has 1 fully saturated rings. The van der Waals surface area contributed by atoms with E-state index in [9.17, 15) is 9.59 Å². The maximum Gasteiger partial charge on any atom is 0.256 e. The van der Waals surface area contributed by atoms with Crippen molar-refractivity contribution in [2.45, 2.75) is 32.4 Å². The third kappa shape index (κ3) is 6.39. The molecule has 9 heteroatoms. The predicted octanol–water partition coefficient (Wildman–Crippen LogP) is 5.67. The molecular formula is C28H28ClN3O4S. The number of hydrogen-bond acceptors (Lipinski definition) is 5. The fourth-order valence-electron chi connectivity index (χ4n) is 4.01. The molecule has 1 aliphatic rings. The molecular weight excluding hydrogens is 510 g/mol. The van der Waals surface area contributed by atoms with Gasteiger partial charge in [-0.1, -0.05) is 30.7 Å². The maximum absolute atomic E-state index is 13.6. The molecule has 7 nitrogen and oxygen atoms in total. The van der Waals surface area contributed by atoms with E-state index in [1.165, 1.54) is 4.90 Å². The number of hydrogen-bond donors (Lipinski definition) is 1. The highest BCUT2D eigenvalue weighted by atomic mass is 35.5. The first-order chi connectivity index (χ1) is 17.9. The molecule has 2 amide bonds. The first-order valence-corrected chi connectivity index (χ1v) is 12.7. The Hall–Kier alpha value is -3.62. The van der Waals surface area contributed by atoms with E-state index in [0.717, 1.165) is 23.5 Å². The molecule has 1 aliphatic heterocycles. The van der Waals surface area contributed by atoms with Crippen LogP contribution in [0.4, 0.5) is 11.4 Å². The van der Waals surface area contributed by atoms with Crippen LogP contribution >= 0.6 is 23.8 Å². The van der Waals surface area contributed by atoms with Crippen LogP contribution in [0.1, 0.15) is 25.3 Å². The average molecular weight is 538 g/mol. The van der Waals surface area contributed by atoms with Crippen LogP contribution in [0.2, 0.25) is 5.02 Å². The van der Waals surface area contributed by atoms with Crippen molar-refractivity contribution in [2.75, 3.05) is 23.9 Å². The quantitative estimate of drug-likeness (QED) is 0.336. The number of carbonyl (C=O) groups excluding carboxylic acids is 2. The van der Waals surface area contributed by atoms with Crippen LogP contribution in [0.3, 0.4) is 0 Å².